The Balaban J connectivity index is 1.13. The number of benzene rings is 2. The van der Waals surface area contributed by atoms with Crippen LogP contribution in [0, 0.1) is 17.8 Å². The first-order chi connectivity index (χ1) is 14.7. The van der Waals surface area contributed by atoms with Crippen LogP contribution in [0.1, 0.15) is 101 Å². The molecule has 4 rings (SSSR count). The minimum atomic E-state index is 0.712. The van der Waals surface area contributed by atoms with Crippen LogP contribution >= 0.6 is 11.6 Å². The standard InChI is InChI=1S/C29H39Cl/c1-22(26-5-3-2-4-6-26)21-25-11-9-23(10-12-25)7-8-24-13-15-27(16-14-24)28-17-19-29(30)20-18-28/h2-6,17-20,22-25,27H,7-16,21H2,1H3. The van der Waals surface area contributed by atoms with E-state index in [0.29, 0.717) is 5.92 Å². The van der Waals surface area contributed by atoms with Crippen LogP contribution in [0.4, 0.5) is 0 Å². The summed E-state index contributed by atoms with van der Waals surface area (Å²) >= 11 is 6.05. The summed E-state index contributed by atoms with van der Waals surface area (Å²) in [5, 5.41) is 0.858. The molecule has 2 aliphatic rings. The van der Waals surface area contributed by atoms with Gasteiger partial charge in [-0.2, -0.15) is 0 Å². The molecule has 1 heteroatoms. The highest BCUT2D eigenvalue weighted by atomic mass is 35.5. The van der Waals surface area contributed by atoms with E-state index in [1.807, 2.05) is 0 Å². The highest BCUT2D eigenvalue weighted by molar-refractivity contribution is 6.30. The fourth-order valence-corrected chi connectivity index (χ4v) is 6.29. The third-order valence-corrected chi connectivity index (χ3v) is 8.45. The van der Waals surface area contributed by atoms with Gasteiger partial charge in [-0.05, 0) is 85.0 Å². The van der Waals surface area contributed by atoms with E-state index in [4.69, 9.17) is 11.6 Å². The summed E-state index contributed by atoms with van der Waals surface area (Å²) in [6.07, 6.45) is 15.8. The average molecular weight is 423 g/mol. The monoisotopic (exact) mass is 422 g/mol. The van der Waals surface area contributed by atoms with Gasteiger partial charge in [0, 0.05) is 5.02 Å². The van der Waals surface area contributed by atoms with Crippen molar-refractivity contribution in [2.45, 2.75) is 89.4 Å². The second kappa shape index (κ2) is 10.9. The normalized spacial score (nSPS) is 28.2. The van der Waals surface area contributed by atoms with Gasteiger partial charge in [0.15, 0.2) is 0 Å². The molecule has 1 atom stereocenters. The zero-order valence-corrected chi connectivity index (χ0v) is 19.5. The van der Waals surface area contributed by atoms with Crippen LogP contribution < -0.4 is 0 Å². The fourth-order valence-electron chi connectivity index (χ4n) is 6.16. The van der Waals surface area contributed by atoms with Gasteiger partial charge in [-0.25, -0.2) is 0 Å². The summed E-state index contributed by atoms with van der Waals surface area (Å²) in [6.45, 7) is 2.42. The summed E-state index contributed by atoms with van der Waals surface area (Å²) in [5.41, 5.74) is 3.02. The second-order valence-electron chi connectivity index (χ2n) is 10.3. The zero-order chi connectivity index (χ0) is 20.8. The van der Waals surface area contributed by atoms with E-state index in [0.717, 1.165) is 28.7 Å². The zero-order valence-electron chi connectivity index (χ0n) is 18.7. The molecule has 2 saturated carbocycles. The van der Waals surface area contributed by atoms with Gasteiger partial charge in [-0.1, -0.05) is 99.5 Å². The SMILES string of the molecule is CC(CC1CCC(CCC2CCC(c3ccc(Cl)cc3)CC2)CC1)c1ccccc1. The molecule has 0 saturated heterocycles. The van der Waals surface area contributed by atoms with Crippen molar-refractivity contribution in [2.75, 3.05) is 0 Å². The largest absolute Gasteiger partial charge is 0.0843 e. The Kier molecular flexibility index (Phi) is 7.94. The minimum Gasteiger partial charge on any atom is -0.0843 e. The topological polar surface area (TPSA) is 0 Å². The smallest absolute Gasteiger partial charge is 0.0406 e. The first-order valence-corrected chi connectivity index (χ1v) is 12.9. The molecule has 0 aliphatic heterocycles. The van der Waals surface area contributed by atoms with Crippen LogP contribution in [0.2, 0.25) is 5.02 Å². The lowest BCUT2D eigenvalue weighted by Crippen LogP contribution is -2.18. The second-order valence-corrected chi connectivity index (χ2v) is 10.7. The van der Waals surface area contributed by atoms with Crippen molar-refractivity contribution in [1.82, 2.24) is 0 Å². The van der Waals surface area contributed by atoms with E-state index < -0.39 is 0 Å². The maximum absolute atomic E-state index is 6.05. The molecule has 2 aromatic rings. The van der Waals surface area contributed by atoms with Crippen molar-refractivity contribution in [1.29, 1.82) is 0 Å². The molecule has 0 heterocycles. The molecule has 0 N–H and O–H groups in total. The van der Waals surface area contributed by atoms with Crippen molar-refractivity contribution in [3.8, 4) is 0 Å². The van der Waals surface area contributed by atoms with Gasteiger partial charge in [0.1, 0.15) is 0 Å². The van der Waals surface area contributed by atoms with Crippen LogP contribution in [-0.4, -0.2) is 0 Å². The fraction of sp³-hybridized carbons (Fsp3) is 0.586. The Morgan fingerprint density at radius 3 is 1.83 bits per heavy atom. The van der Waals surface area contributed by atoms with E-state index in [1.54, 1.807) is 0 Å². The lowest BCUT2D eigenvalue weighted by atomic mass is 9.73. The molecule has 0 aromatic heterocycles. The molecule has 0 bridgehead atoms. The molecule has 0 spiro atoms. The van der Waals surface area contributed by atoms with Crippen molar-refractivity contribution in [3.63, 3.8) is 0 Å². The third kappa shape index (κ3) is 6.13. The van der Waals surface area contributed by atoms with Gasteiger partial charge < -0.3 is 0 Å². The first kappa shape index (κ1) is 21.9. The summed E-state index contributed by atoms with van der Waals surface area (Å²) in [7, 11) is 0. The molecule has 0 radical (unpaired) electrons. The van der Waals surface area contributed by atoms with Gasteiger partial charge in [0.05, 0.1) is 0 Å². The van der Waals surface area contributed by atoms with Crippen LogP contribution in [-0.2, 0) is 0 Å². The number of rotatable bonds is 7. The summed E-state index contributed by atoms with van der Waals surface area (Å²) in [6, 6.07) is 19.7. The summed E-state index contributed by atoms with van der Waals surface area (Å²) in [5.74, 6) is 4.40. The van der Waals surface area contributed by atoms with Gasteiger partial charge >= 0.3 is 0 Å². The lowest BCUT2D eigenvalue weighted by Gasteiger charge is -2.33. The summed E-state index contributed by atoms with van der Waals surface area (Å²) in [4.78, 5) is 0. The highest BCUT2D eigenvalue weighted by Gasteiger charge is 2.26. The van der Waals surface area contributed by atoms with Crippen LogP contribution in [0.25, 0.3) is 0 Å². The van der Waals surface area contributed by atoms with Crippen LogP contribution in [0.5, 0.6) is 0 Å². The molecule has 162 valence electrons. The van der Waals surface area contributed by atoms with Crippen molar-refractivity contribution >= 4 is 11.6 Å². The maximum Gasteiger partial charge on any atom is 0.0406 e. The molecule has 2 aromatic carbocycles. The van der Waals surface area contributed by atoms with E-state index in [1.165, 1.54) is 81.8 Å². The first-order valence-electron chi connectivity index (χ1n) is 12.5. The molecular weight excluding hydrogens is 384 g/mol. The number of hydrogen-bond acceptors (Lipinski definition) is 0. The molecule has 2 aliphatic carbocycles. The molecule has 30 heavy (non-hydrogen) atoms. The molecule has 0 amide bonds. The van der Waals surface area contributed by atoms with E-state index >= 15 is 0 Å². The molecular formula is C29H39Cl. The quantitative estimate of drug-likeness (QED) is 0.416. The Bertz CT molecular complexity index is 734. The molecule has 2 fully saturated rings. The van der Waals surface area contributed by atoms with Gasteiger partial charge in [-0.15, -0.1) is 0 Å². The number of halogens is 1. The van der Waals surface area contributed by atoms with Gasteiger partial charge in [0.2, 0.25) is 0 Å². The van der Waals surface area contributed by atoms with E-state index in [2.05, 4.69) is 61.5 Å². The Morgan fingerprint density at radius 1 is 0.700 bits per heavy atom. The van der Waals surface area contributed by atoms with E-state index in [-0.39, 0.29) is 0 Å². The average Bonchev–Trinajstić information content (AvgIpc) is 2.80. The maximum atomic E-state index is 6.05. The molecule has 0 nitrogen and oxygen atoms in total. The Hall–Kier alpha value is -1.27. The lowest BCUT2D eigenvalue weighted by molar-refractivity contribution is 0.220. The van der Waals surface area contributed by atoms with Crippen molar-refractivity contribution < 1.29 is 0 Å². The minimum absolute atomic E-state index is 0.712. The number of hydrogen-bond donors (Lipinski definition) is 0. The van der Waals surface area contributed by atoms with Crippen molar-refractivity contribution in [3.05, 3.63) is 70.7 Å². The Labute approximate surface area is 189 Å². The Morgan fingerprint density at radius 2 is 1.23 bits per heavy atom. The molecule has 1 unspecified atom stereocenters. The third-order valence-electron chi connectivity index (χ3n) is 8.19. The van der Waals surface area contributed by atoms with Gasteiger partial charge in [0.25, 0.3) is 0 Å². The van der Waals surface area contributed by atoms with Gasteiger partial charge in [-0.3, -0.25) is 0 Å². The predicted molar refractivity (Wildman–Crippen MR) is 130 cm³/mol. The van der Waals surface area contributed by atoms with Crippen LogP contribution in [0.3, 0.4) is 0 Å². The highest BCUT2D eigenvalue weighted by Crippen LogP contribution is 2.41. The summed E-state index contributed by atoms with van der Waals surface area (Å²) < 4.78 is 0. The van der Waals surface area contributed by atoms with Crippen molar-refractivity contribution in [2.24, 2.45) is 17.8 Å². The predicted octanol–water partition coefficient (Wildman–Crippen LogP) is 9.39. The van der Waals surface area contributed by atoms with Crippen LogP contribution in [0.15, 0.2) is 54.6 Å². The van der Waals surface area contributed by atoms with E-state index in [9.17, 15) is 0 Å².